The molecule has 5 nitrogen and oxygen atoms in total. The van der Waals surface area contributed by atoms with Gasteiger partial charge >= 0.3 is 0 Å². The van der Waals surface area contributed by atoms with Crippen molar-refractivity contribution in [3.63, 3.8) is 0 Å². The molecule has 0 atom stereocenters. The number of hydrogen-bond acceptors (Lipinski definition) is 4. The molecule has 148 valence electrons. The highest BCUT2D eigenvalue weighted by atomic mass is 32.2. The summed E-state index contributed by atoms with van der Waals surface area (Å²) in [4.78, 5) is 26.5. The van der Waals surface area contributed by atoms with E-state index in [2.05, 4.69) is 10.6 Å². The number of amides is 2. The summed E-state index contributed by atoms with van der Waals surface area (Å²) in [6.07, 6.45) is 0. The minimum absolute atomic E-state index is 0.244. The third kappa shape index (κ3) is 5.18. The quantitative estimate of drug-likeness (QED) is 0.522. The standard InChI is InChI=1S/C23H22N2O3S/c1-3-29-21-11-7-5-9-19(21)23(27)25-20-10-6-4-8-18(20)22(26)24-16-12-14-17(28-2)15-13-16/h4-15H,3H2,1-2H3,(H,24,26)(H,25,27). The van der Waals surface area contributed by atoms with Gasteiger partial charge in [-0.2, -0.15) is 0 Å². The third-order valence-corrected chi connectivity index (χ3v) is 5.15. The number of benzene rings is 3. The van der Waals surface area contributed by atoms with Crippen molar-refractivity contribution in [3.05, 3.63) is 83.9 Å². The van der Waals surface area contributed by atoms with Gasteiger partial charge in [-0.15, -0.1) is 11.8 Å². The second-order valence-corrected chi connectivity index (χ2v) is 7.42. The number of hydrogen-bond donors (Lipinski definition) is 2. The minimum atomic E-state index is -0.303. The van der Waals surface area contributed by atoms with Gasteiger partial charge in [-0.25, -0.2) is 0 Å². The Labute approximate surface area is 174 Å². The Hall–Kier alpha value is -3.25. The molecule has 2 N–H and O–H groups in total. The molecule has 0 saturated heterocycles. The van der Waals surface area contributed by atoms with Crippen LogP contribution >= 0.6 is 11.8 Å². The molecule has 3 rings (SSSR count). The zero-order valence-electron chi connectivity index (χ0n) is 16.3. The van der Waals surface area contributed by atoms with E-state index in [1.807, 2.05) is 25.1 Å². The average Bonchev–Trinajstić information content (AvgIpc) is 2.75. The third-order valence-electron chi connectivity index (χ3n) is 4.20. The second kappa shape index (κ2) is 9.80. The molecule has 2 amide bonds. The van der Waals surface area contributed by atoms with Gasteiger partial charge in [0.25, 0.3) is 11.8 Å². The predicted octanol–water partition coefficient (Wildman–Crippen LogP) is 5.31. The van der Waals surface area contributed by atoms with Crippen LogP contribution in [0.3, 0.4) is 0 Å². The molecule has 0 heterocycles. The highest BCUT2D eigenvalue weighted by Crippen LogP contribution is 2.25. The second-order valence-electron chi connectivity index (χ2n) is 6.11. The normalized spacial score (nSPS) is 10.3. The van der Waals surface area contributed by atoms with Crippen molar-refractivity contribution in [2.75, 3.05) is 23.5 Å². The molecule has 0 unspecified atom stereocenters. The molecule has 0 bridgehead atoms. The fourth-order valence-electron chi connectivity index (χ4n) is 2.79. The van der Waals surface area contributed by atoms with Crippen molar-refractivity contribution < 1.29 is 14.3 Å². The Morgan fingerprint density at radius 3 is 2.14 bits per heavy atom. The number of thioether (sulfide) groups is 1. The van der Waals surface area contributed by atoms with Crippen LogP contribution in [0.4, 0.5) is 11.4 Å². The fraction of sp³-hybridized carbons (Fsp3) is 0.130. The summed E-state index contributed by atoms with van der Waals surface area (Å²) in [5, 5.41) is 5.72. The van der Waals surface area contributed by atoms with Crippen molar-refractivity contribution in [1.82, 2.24) is 0 Å². The summed E-state index contributed by atoms with van der Waals surface area (Å²) in [7, 11) is 1.59. The van der Waals surface area contributed by atoms with E-state index >= 15 is 0 Å². The van der Waals surface area contributed by atoms with Crippen LogP contribution < -0.4 is 15.4 Å². The number of carbonyl (C=O) groups is 2. The van der Waals surface area contributed by atoms with Crippen LogP contribution in [-0.2, 0) is 0 Å². The summed E-state index contributed by atoms with van der Waals surface area (Å²) >= 11 is 1.61. The number of rotatable bonds is 7. The lowest BCUT2D eigenvalue weighted by atomic mass is 10.1. The Kier molecular flexibility index (Phi) is 6.92. The highest BCUT2D eigenvalue weighted by Gasteiger charge is 2.16. The largest absolute Gasteiger partial charge is 0.497 e. The summed E-state index contributed by atoms with van der Waals surface area (Å²) in [6, 6.07) is 21.5. The van der Waals surface area contributed by atoms with E-state index in [-0.39, 0.29) is 11.8 Å². The van der Waals surface area contributed by atoms with Crippen LogP contribution in [0, 0.1) is 0 Å². The predicted molar refractivity (Wildman–Crippen MR) is 118 cm³/mol. The van der Waals surface area contributed by atoms with E-state index in [9.17, 15) is 9.59 Å². The molecule has 6 heteroatoms. The zero-order chi connectivity index (χ0) is 20.6. The van der Waals surface area contributed by atoms with Gasteiger partial charge < -0.3 is 15.4 Å². The van der Waals surface area contributed by atoms with Crippen LogP contribution in [0.1, 0.15) is 27.6 Å². The van der Waals surface area contributed by atoms with Crippen molar-refractivity contribution in [1.29, 1.82) is 0 Å². The molecule has 3 aromatic carbocycles. The molecule has 0 aliphatic heterocycles. The van der Waals surface area contributed by atoms with Crippen molar-refractivity contribution >= 4 is 35.0 Å². The maximum atomic E-state index is 12.8. The summed E-state index contributed by atoms with van der Waals surface area (Å²) < 4.78 is 5.13. The van der Waals surface area contributed by atoms with E-state index in [1.54, 1.807) is 73.5 Å². The van der Waals surface area contributed by atoms with Gasteiger partial charge in [0.1, 0.15) is 5.75 Å². The first-order chi connectivity index (χ1) is 14.1. The maximum absolute atomic E-state index is 12.8. The van der Waals surface area contributed by atoms with Gasteiger partial charge in [-0.05, 0) is 54.3 Å². The molecule has 0 aliphatic carbocycles. The van der Waals surface area contributed by atoms with Crippen LogP contribution in [-0.4, -0.2) is 24.7 Å². The molecular formula is C23H22N2O3S. The molecule has 0 aliphatic rings. The molecule has 0 saturated carbocycles. The Morgan fingerprint density at radius 1 is 0.828 bits per heavy atom. The number of para-hydroxylation sites is 1. The zero-order valence-corrected chi connectivity index (χ0v) is 17.1. The molecule has 29 heavy (non-hydrogen) atoms. The van der Waals surface area contributed by atoms with Crippen molar-refractivity contribution in [2.24, 2.45) is 0 Å². The van der Waals surface area contributed by atoms with E-state index < -0.39 is 0 Å². The van der Waals surface area contributed by atoms with Crippen LogP contribution in [0.15, 0.2) is 77.7 Å². The first kappa shape index (κ1) is 20.5. The van der Waals surface area contributed by atoms with Crippen LogP contribution in [0.25, 0.3) is 0 Å². The monoisotopic (exact) mass is 406 g/mol. The Bertz CT molecular complexity index is 1000. The van der Waals surface area contributed by atoms with Crippen molar-refractivity contribution in [2.45, 2.75) is 11.8 Å². The number of anilines is 2. The average molecular weight is 407 g/mol. The van der Waals surface area contributed by atoms with E-state index in [1.165, 1.54) is 0 Å². The van der Waals surface area contributed by atoms with Crippen LogP contribution in [0.5, 0.6) is 5.75 Å². The highest BCUT2D eigenvalue weighted by molar-refractivity contribution is 7.99. The van der Waals surface area contributed by atoms with E-state index in [0.29, 0.717) is 28.3 Å². The smallest absolute Gasteiger partial charge is 0.257 e. The minimum Gasteiger partial charge on any atom is -0.497 e. The maximum Gasteiger partial charge on any atom is 0.257 e. The van der Waals surface area contributed by atoms with Crippen LogP contribution in [0.2, 0.25) is 0 Å². The fourth-order valence-corrected chi connectivity index (χ4v) is 3.59. The molecule has 0 fully saturated rings. The Balaban J connectivity index is 1.79. The van der Waals surface area contributed by atoms with Gasteiger partial charge in [-0.1, -0.05) is 31.2 Å². The lowest BCUT2D eigenvalue weighted by Gasteiger charge is -2.13. The number of carbonyl (C=O) groups excluding carboxylic acids is 2. The molecule has 0 aromatic heterocycles. The van der Waals surface area contributed by atoms with E-state index in [4.69, 9.17) is 4.74 Å². The molecule has 3 aromatic rings. The SMILES string of the molecule is CCSc1ccccc1C(=O)Nc1ccccc1C(=O)Nc1ccc(OC)cc1. The lowest BCUT2D eigenvalue weighted by molar-refractivity contribution is 0.102. The summed E-state index contributed by atoms with van der Waals surface area (Å²) in [6.45, 7) is 2.04. The van der Waals surface area contributed by atoms with Gasteiger partial charge in [0, 0.05) is 10.6 Å². The topological polar surface area (TPSA) is 67.4 Å². The van der Waals surface area contributed by atoms with Gasteiger partial charge in [0.15, 0.2) is 0 Å². The van der Waals surface area contributed by atoms with Gasteiger partial charge in [0.05, 0.1) is 23.9 Å². The van der Waals surface area contributed by atoms with Crippen molar-refractivity contribution in [3.8, 4) is 5.75 Å². The summed E-state index contributed by atoms with van der Waals surface area (Å²) in [5.74, 6) is 1.03. The number of nitrogens with one attached hydrogen (secondary N) is 2. The summed E-state index contributed by atoms with van der Waals surface area (Å²) in [5.41, 5.74) is 2.07. The molecular weight excluding hydrogens is 384 g/mol. The van der Waals surface area contributed by atoms with E-state index in [0.717, 1.165) is 10.6 Å². The lowest BCUT2D eigenvalue weighted by Crippen LogP contribution is -2.18. The molecule has 0 radical (unpaired) electrons. The molecule has 0 spiro atoms. The Morgan fingerprint density at radius 2 is 1.45 bits per heavy atom. The first-order valence-electron chi connectivity index (χ1n) is 9.20. The number of ether oxygens (including phenoxy) is 1. The van der Waals surface area contributed by atoms with Gasteiger partial charge in [-0.3, -0.25) is 9.59 Å². The first-order valence-corrected chi connectivity index (χ1v) is 10.2. The number of methoxy groups -OCH3 is 1. The van der Waals surface area contributed by atoms with Gasteiger partial charge in [0.2, 0.25) is 0 Å².